The number of aromatic amines is 1. The highest BCUT2D eigenvalue weighted by atomic mass is 35.5. The molecule has 25 heavy (non-hydrogen) atoms. The fraction of sp³-hybridized carbons (Fsp3) is 0.222. The fourth-order valence-electron chi connectivity index (χ4n) is 2.44. The van der Waals surface area contributed by atoms with Crippen LogP contribution in [0.15, 0.2) is 42.6 Å². The van der Waals surface area contributed by atoms with Crippen LogP contribution in [0.3, 0.4) is 0 Å². The number of hydrogen-bond donors (Lipinski definition) is 1. The minimum Gasteiger partial charge on any atom is -0.454 e. The maximum absolute atomic E-state index is 12.5. The molecule has 1 aromatic carbocycles. The molecular formula is C18H16ClNO3S2. The Hall–Kier alpha value is -1.76. The smallest absolute Gasteiger partial charge is 0.316 e. The highest BCUT2D eigenvalue weighted by Gasteiger charge is 2.22. The summed E-state index contributed by atoms with van der Waals surface area (Å²) in [6, 6.07) is 11.3. The molecule has 130 valence electrons. The van der Waals surface area contributed by atoms with Crippen LogP contribution in [0.1, 0.15) is 22.2 Å². The summed E-state index contributed by atoms with van der Waals surface area (Å²) >= 11 is 8.81. The van der Waals surface area contributed by atoms with Crippen LogP contribution in [0.25, 0.3) is 10.9 Å². The molecule has 0 aliphatic heterocycles. The van der Waals surface area contributed by atoms with E-state index in [0.29, 0.717) is 11.3 Å². The molecule has 1 atom stereocenters. The molecule has 2 heterocycles. The molecule has 2 aromatic heterocycles. The van der Waals surface area contributed by atoms with Gasteiger partial charge in [-0.05, 0) is 25.1 Å². The number of esters is 1. The number of Topliss-reactive ketones (excluding diaryl/α,β-unsaturated/α-hetero) is 1. The topological polar surface area (TPSA) is 59.2 Å². The molecule has 4 nitrogen and oxygen atoms in total. The van der Waals surface area contributed by atoms with Gasteiger partial charge in [-0.25, -0.2) is 0 Å². The molecule has 7 heteroatoms. The first-order chi connectivity index (χ1) is 12.0. The number of rotatable bonds is 7. The van der Waals surface area contributed by atoms with Crippen LogP contribution < -0.4 is 0 Å². The number of thioether (sulfide) groups is 1. The van der Waals surface area contributed by atoms with Crippen molar-refractivity contribution in [3.8, 4) is 0 Å². The number of ketones is 1. The van der Waals surface area contributed by atoms with Gasteiger partial charge in [-0.3, -0.25) is 9.59 Å². The van der Waals surface area contributed by atoms with Crippen LogP contribution in [-0.2, 0) is 15.3 Å². The molecule has 3 rings (SSSR count). The molecule has 0 aliphatic carbocycles. The molecular weight excluding hydrogens is 378 g/mol. The molecule has 0 bridgehead atoms. The van der Waals surface area contributed by atoms with Gasteiger partial charge in [-0.1, -0.05) is 29.8 Å². The average Bonchev–Trinajstić information content (AvgIpc) is 3.20. The number of para-hydroxylation sites is 1. The van der Waals surface area contributed by atoms with Gasteiger partial charge < -0.3 is 9.72 Å². The highest BCUT2D eigenvalue weighted by molar-refractivity contribution is 7.99. The van der Waals surface area contributed by atoms with Gasteiger partial charge in [0.25, 0.3) is 0 Å². The number of nitrogens with one attached hydrogen (secondary N) is 1. The van der Waals surface area contributed by atoms with Gasteiger partial charge in [0.2, 0.25) is 5.78 Å². The van der Waals surface area contributed by atoms with Crippen molar-refractivity contribution in [3.63, 3.8) is 0 Å². The number of benzene rings is 1. The predicted molar refractivity (Wildman–Crippen MR) is 104 cm³/mol. The van der Waals surface area contributed by atoms with Crippen molar-refractivity contribution in [3.05, 3.63) is 57.4 Å². The van der Waals surface area contributed by atoms with Crippen LogP contribution in [-0.4, -0.2) is 28.6 Å². The zero-order valence-corrected chi connectivity index (χ0v) is 15.8. The van der Waals surface area contributed by atoms with Gasteiger partial charge in [-0.2, -0.15) is 0 Å². The summed E-state index contributed by atoms with van der Waals surface area (Å²) in [4.78, 5) is 28.7. The van der Waals surface area contributed by atoms with Gasteiger partial charge in [0.05, 0.1) is 10.1 Å². The summed E-state index contributed by atoms with van der Waals surface area (Å²) in [5.74, 6) is 0.285. The molecule has 0 radical (unpaired) electrons. The number of H-pyrrole nitrogens is 1. The van der Waals surface area contributed by atoms with E-state index in [4.69, 9.17) is 16.3 Å². The van der Waals surface area contributed by atoms with Crippen molar-refractivity contribution < 1.29 is 14.3 Å². The molecule has 0 saturated carbocycles. The predicted octanol–water partition coefficient (Wildman–Crippen LogP) is 4.93. The van der Waals surface area contributed by atoms with E-state index in [2.05, 4.69) is 4.98 Å². The van der Waals surface area contributed by atoms with Crippen LogP contribution in [0.5, 0.6) is 0 Å². The first-order valence-corrected chi connectivity index (χ1v) is 10.0. The summed E-state index contributed by atoms with van der Waals surface area (Å²) in [6.45, 7) is 1.60. The molecule has 3 aromatic rings. The maximum Gasteiger partial charge on any atom is 0.316 e. The lowest BCUT2D eigenvalue weighted by atomic mass is 10.1. The fourth-order valence-corrected chi connectivity index (χ4v) is 4.45. The molecule has 0 aliphatic rings. The summed E-state index contributed by atoms with van der Waals surface area (Å²) in [5.41, 5.74) is 1.42. The van der Waals surface area contributed by atoms with Crippen LogP contribution in [0.2, 0.25) is 4.34 Å². The van der Waals surface area contributed by atoms with Gasteiger partial charge in [0.15, 0.2) is 6.10 Å². The van der Waals surface area contributed by atoms with Crippen LogP contribution >= 0.6 is 34.7 Å². The monoisotopic (exact) mass is 393 g/mol. The van der Waals surface area contributed by atoms with Crippen molar-refractivity contribution in [2.24, 2.45) is 0 Å². The molecule has 0 amide bonds. The summed E-state index contributed by atoms with van der Waals surface area (Å²) in [7, 11) is 0. The van der Waals surface area contributed by atoms with Crippen molar-refractivity contribution in [2.45, 2.75) is 18.8 Å². The molecule has 1 N–H and O–H groups in total. The van der Waals surface area contributed by atoms with E-state index in [1.165, 1.54) is 23.1 Å². The number of carbonyl (C=O) groups is 2. The van der Waals surface area contributed by atoms with E-state index in [1.807, 2.05) is 36.4 Å². The molecule has 0 unspecified atom stereocenters. The summed E-state index contributed by atoms with van der Waals surface area (Å²) < 4.78 is 6.01. The number of halogens is 1. The SMILES string of the molecule is C[C@H](OC(=O)CSCc1ccc(Cl)s1)C(=O)c1c[nH]c2ccccc12. The molecule has 0 fully saturated rings. The third-order valence-corrected chi connectivity index (χ3v) is 5.99. The second kappa shape index (κ2) is 8.08. The van der Waals surface area contributed by atoms with E-state index in [1.54, 1.807) is 13.1 Å². The van der Waals surface area contributed by atoms with Crippen molar-refractivity contribution >= 4 is 57.4 Å². The average molecular weight is 394 g/mol. The first kappa shape index (κ1) is 18.0. The minimum absolute atomic E-state index is 0.195. The third kappa shape index (κ3) is 4.45. The quantitative estimate of drug-likeness (QED) is 0.456. The lowest BCUT2D eigenvalue weighted by molar-refractivity contribution is -0.143. The number of ether oxygens (including phenoxy) is 1. The van der Waals surface area contributed by atoms with Crippen LogP contribution in [0, 0.1) is 0 Å². The minimum atomic E-state index is -0.816. The Morgan fingerprint density at radius 3 is 2.84 bits per heavy atom. The van der Waals surface area contributed by atoms with E-state index < -0.39 is 12.1 Å². The number of hydrogen-bond acceptors (Lipinski definition) is 5. The Morgan fingerprint density at radius 1 is 1.28 bits per heavy atom. The first-order valence-electron chi connectivity index (χ1n) is 7.66. The number of fused-ring (bicyclic) bond motifs is 1. The maximum atomic E-state index is 12.5. The van der Waals surface area contributed by atoms with Gasteiger partial charge >= 0.3 is 5.97 Å². The zero-order valence-electron chi connectivity index (χ0n) is 13.5. The summed E-state index contributed by atoms with van der Waals surface area (Å²) in [5, 5.41) is 0.833. The molecule has 0 saturated heterocycles. The Morgan fingerprint density at radius 2 is 2.08 bits per heavy atom. The largest absolute Gasteiger partial charge is 0.454 e. The Kier molecular flexibility index (Phi) is 5.83. The van der Waals surface area contributed by atoms with E-state index in [-0.39, 0.29) is 11.5 Å². The van der Waals surface area contributed by atoms with Crippen molar-refractivity contribution in [1.29, 1.82) is 0 Å². The Bertz CT molecular complexity index is 903. The zero-order chi connectivity index (χ0) is 17.8. The highest BCUT2D eigenvalue weighted by Crippen LogP contribution is 2.25. The Labute approximate surface area is 158 Å². The number of thiophene rings is 1. The van der Waals surface area contributed by atoms with Crippen molar-refractivity contribution in [1.82, 2.24) is 4.98 Å². The summed E-state index contributed by atoms with van der Waals surface area (Å²) in [6.07, 6.45) is 0.843. The second-order valence-corrected chi connectivity index (χ2v) is 8.23. The normalized spacial score (nSPS) is 12.2. The van der Waals surface area contributed by atoms with E-state index in [0.717, 1.165) is 20.1 Å². The van der Waals surface area contributed by atoms with Gasteiger partial charge in [0, 0.05) is 33.3 Å². The van der Waals surface area contributed by atoms with Crippen molar-refractivity contribution in [2.75, 3.05) is 5.75 Å². The third-order valence-electron chi connectivity index (χ3n) is 3.63. The van der Waals surface area contributed by atoms with E-state index >= 15 is 0 Å². The lowest BCUT2D eigenvalue weighted by Crippen LogP contribution is -2.25. The van der Waals surface area contributed by atoms with Gasteiger partial charge in [0.1, 0.15) is 0 Å². The Balaban J connectivity index is 1.53. The number of aromatic nitrogens is 1. The number of carbonyl (C=O) groups excluding carboxylic acids is 2. The van der Waals surface area contributed by atoms with E-state index in [9.17, 15) is 9.59 Å². The lowest BCUT2D eigenvalue weighted by Gasteiger charge is -2.11. The van der Waals surface area contributed by atoms with Gasteiger partial charge in [-0.15, -0.1) is 23.1 Å². The van der Waals surface area contributed by atoms with Crippen LogP contribution in [0.4, 0.5) is 0 Å². The second-order valence-electron chi connectivity index (χ2n) is 5.44. The standard InChI is InChI=1S/C18H16ClNO3S2/c1-11(18(22)14-8-20-15-5-3-2-4-13(14)15)23-17(21)10-24-9-12-6-7-16(19)25-12/h2-8,11,20H,9-10H2,1H3/t11-/m0/s1. The molecule has 0 spiro atoms.